The minimum Gasteiger partial charge on any atom is -0.457 e. The number of hydrogen-bond donors (Lipinski definition) is 1. The number of benzene rings is 2. The average Bonchev–Trinajstić information content (AvgIpc) is 2.41. The number of halogens is 2. The van der Waals surface area contributed by atoms with Gasteiger partial charge in [-0.1, -0.05) is 23.7 Å². The van der Waals surface area contributed by atoms with Gasteiger partial charge in [-0.3, -0.25) is 0 Å². The van der Waals surface area contributed by atoms with Crippen molar-refractivity contribution in [2.45, 2.75) is 6.61 Å². The lowest BCUT2D eigenvalue weighted by atomic mass is 10.2. The standard InChI is InChI=1S/C14H11ClFNO2/c15-11-4-1-9(2-5-11)8-19-14(18)10-3-6-13(17)12(16)7-10/h1-7H,8,17H2. The van der Waals surface area contributed by atoms with E-state index in [4.69, 9.17) is 22.1 Å². The molecule has 2 rings (SSSR count). The molecular weight excluding hydrogens is 269 g/mol. The summed E-state index contributed by atoms with van der Waals surface area (Å²) in [6.45, 7) is 0.0992. The van der Waals surface area contributed by atoms with E-state index in [1.54, 1.807) is 24.3 Å². The zero-order chi connectivity index (χ0) is 13.8. The van der Waals surface area contributed by atoms with E-state index in [1.807, 2.05) is 0 Å². The summed E-state index contributed by atoms with van der Waals surface area (Å²) < 4.78 is 18.3. The third kappa shape index (κ3) is 3.45. The maximum atomic E-state index is 13.2. The van der Waals surface area contributed by atoms with Crippen LogP contribution in [0.1, 0.15) is 15.9 Å². The molecule has 3 nitrogen and oxygen atoms in total. The van der Waals surface area contributed by atoms with Gasteiger partial charge in [0.1, 0.15) is 12.4 Å². The van der Waals surface area contributed by atoms with Crippen molar-refractivity contribution in [1.29, 1.82) is 0 Å². The number of nitrogens with two attached hydrogens (primary N) is 1. The monoisotopic (exact) mass is 279 g/mol. The van der Waals surface area contributed by atoms with Crippen molar-refractivity contribution in [1.82, 2.24) is 0 Å². The lowest BCUT2D eigenvalue weighted by molar-refractivity contribution is 0.0472. The Morgan fingerprint density at radius 3 is 2.53 bits per heavy atom. The number of anilines is 1. The van der Waals surface area contributed by atoms with Gasteiger partial charge in [0.05, 0.1) is 11.3 Å². The van der Waals surface area contributed by atoms with E-state index >= 15 is 0 Å². The minimum atomic E-state index is -0.638. The fourth-order valence-corrected chi connectivity index (χ4v) is 1.59. The van der Waals surface area contributed by atoms with E-state index in [1.165, 1.54) is 12.1 Å². The second-order valence-corrected chi connectivity index (χ2v) is 4.38. The lowest BCUT2D eigenvalue weighted by Crippen LogP contribution is -2.06. The van der Waals surface area contributed by atoms with E-state index in [0.717, 1.165) is 11.6 Å². The Labute approximate surface area is 114 Å². The van der Waals surface area contributed by atoms with Gasteiger partial charge >= 0.3 is 5.97 Å². The highest BCUT2D eigenvalue weighted by Gasteiger charge is 2.10. The number of carbonyl (C=O) groups is 1. The second-order valence-electron chi connectivity index (χ2n) is 3.94. The number of ether oxygens (including phenoxy) is 1. The highest BCUT2D eigenvalue weighted by molar-refractivity contribution is 6.30. The summed E-state index contributed by atoms with van der Waals surface area (Å²) in [5, 5.41) is 0.607. The fourth-order valence-electron chi connectivity index (χ4n) is 1.47. The molecule has 0 aliphatic heterocycles. The first-order chi connectivity index (χ1) is 9.06. The number of carbonyl (C=O) groups excluding carboxylic acids is 1. The van der Waals surface area contributed by atoms with E-state index in [0.29, 0.717) is 5.02 Å². The highest BCUT2D eigenvalue weighted by atomic mass is 35.5. The van der Waals surface area contributed by atoms with Gasteiger partial charge in [0.15, 0.2) is 0 Å². The van der Waals surface area contributed by atoms with Gasteiger partial charge in [-0.2, -0.15) is 0 Å². The van der Waals surface area contributed by atoms with E-state index < -0.39 is 11.8 Å². The molecule has 0 aromatic heterocycles. The molecule has 0 atom stereocenters. The molecular formula is C14H11ClFNO2. The molecule has 2 aromatic rings. The summed E-state index contributed by atoms with van der Waals surface area (Å²) >= 11 is 5.74. The number of esters is 1. The SMILES string of the molecule is Nc1ccc(C(=O)OCc2ccc(Cl)cc2)cc1F. The predicted molar refractivity (Wildman–Crippen MR) is 71.4 cm³/mol. The van der Waals surface area contributed by atoms with Gasteiger partial charge in [0.2, 0.25) is 0 Å². The average molecular weight is 280 g/mol. The Morgan fingerprint density at radius 1 is 1.21 bits per heavy atom. The predicted octanol–water partition coefficient (Wildman–Crippen LogP) is 3.42. The summed E-state index contributed by atoms with van der Waals surface area (Å²) in [7, 11) is 0. The molecule has 19 heavy (non-hydrogen) atoms. The van der Waals surface area contributed by atoms with Crippen molar-refractivity contribution in [2.24, 2.45) is 0 Å². The van der Waals surface area contributed by atoms with Crippen molar-refractivity contribution in [3.63, 3.8) is 0 Å². The van der Waals surface area contributed by atoms with Gasteiger partial charge in [-0.05, 0) is 35.9 Å². The second kappa shape index (κ2) is 5.71. The van der Waals surface area contributed by atoms with Crippen molar-refractivity contribution >= 4 is 23.3 Å². The van der Waals surface area contributed by atoms with Crippen LogP contribution in [-0.2, 0) is 11.3 Å². The quantitative estimate of drug-likeness (QED) is 0.692. The maximum absolute atomic E-state index is 13.2. The number of hydrogen-bond acceptors (Lipinski definition) is 3. The summed E-state index contributed by atoms with van der Waals surface area (Å²) in [4.78, 5) is 11.7. The van der Waals surface area contributed by atoms with Crippen LogP contribution in [0.2, 0.25) is 5.02 Å². The van der Waals surface area contributed by atoms with Crippen LogP contribution in [0, 0.1) is 5.82 Å². The molecule has 0 unspecified atom stereocenters. The first-order valence-electron chi connectivity index (χ1n) is 5.53. The van der Waals surface area contributed by atoms with Crippen LogP contribution >= 0.6 is 11.6 Å². The molecule has 0 aliphatic rings. The molecule has 0 fully saturated rings. The number of rotatable bonds is 3. The van der Waals surface area contributed by atoms with Crippen LogP contribution in [0.5, 0.6) is 0 Å². The third-order valence-corrected chi connectivity index (χ3v) is 2.77. The zero-order valence-electron chi connectivity index (χ0n) is 9.90. The van der Waals surface area contributed by atoms with Gasteiger partial charge in [-0.15, -0.1) is 0 Å². The molecule has 0 aliphatic carbocycles. The van der Waals surface area contributed by atoms with E-state index in [9.17, 15) is 9.18 Å². The molecule has 2 N–H and O–H groups in total. The first kappa shape index (κ1) is 13.4. The van der Waals surface area contributed by atoms with Crippen LogP contribution in [-0.4, -0.2) is 5.97 Å². The van der Waals surface area contributed by atoms with Crippen LogP contribution in [0.25, 0.3) is 0 Å². The van der Waals surface area contributed by atoms with Crippen LogP contribution in [0.4, 0.5) is 10.1 Å². The van der Waals surface area contributed by atoms with Crippen LogP contribution < -0.4 is 5.73 Å². The molecule has 98 valence electrons. The Hall–Kier alpha value is -2.07. The molecule has 0 spiro atoms. The van der Waals surface area contributed by atoms with Crippen molar-refractivity contribution in [3.8, 4) is 0 Å². The third-order valence-electron chi connectivity index (χ3n) is 2.52. The summed E-state index contributed by atoms with van der Waals surface area (Å²) in [6.07, 6.45) is 0. The molecule has 0 amide bonds. The van der Waals surface area contributed by atoms with Crippen LogP contribution in [0.3, 0.4) is 0 Å². The molecule has 2 aromatic carbocycles. The number of nitrogen functional groups attached to an aromatic ring is 1. The van der Waals surface area contributed by atoms with E-state index in [2.05, 4.69) is 0 Å². The normalized spacial score (nSPS) is 10.2. The summed E-state index contributed by atoms with van der Waals surface area (Å²) in [5.41, 5.74) is 6.25. The highest BCUT2D eigenvalue weighted by Crippen LogP contribution is 2.14. The zero-order valence-corrected chi connectivity index (χ0v) is 10.7. The molecule has 0 saturated carbocycles. The minimum absolute atomic E-state index is 0.00532. The summed E-state index contributed by atoms with van der Waals surface area (Å²) in [6, 6.07) is 10.7. The first-order valence-corrected chi connectivity index (χ1v) is 5.90. The van der Waals surface area contributed by atoms with Crippen molar-refractivity contribution in [3.05, 3.63) is 64.4 Å². The molecule has 0 heterocycles. The molecule has 0 saturated heterocycles. The van der Waals surface area contributed by atoms with Gasteiger partial charge < -0.3 is 10.5 Å². The fraction of sp³-hybridized carbons (Fsp3) is 0.0714. The topological polar surface area (TPSA) is 52.3 Å². The largest absolute Gasteiger partial charge is 0.457 e. The van der Waals surface area contributed by atoms with Crippen LogP contribution in [0.15, 0.2) is 42.5 Å². The van der Waals surface area contributed by atoms with Crippen molar-refractivity contribution in [2.75, 3.05) is 5.73 Å². The lowest BCUT2D eigenvalue weighted by Gasteiger charge is -2.06. The maximum Gasteiger partial charge on any atom is 0.338 e. The van der Waals surface area contributed by atoms with Gasteiger partial charge in [-0.25, -0.2) is 9.18 Å². The Morgan fingerprint density at radius 2 is 1.89 bits per heavy atom. The van der Waals surface area contributed by atoms with Gasteiger partial charge in [0.25, 0.3) is 0 Å². The summed E-state index contributed by atoms with van der Waals surface area (Å²) in [5.74, 6) is -1.24. The Balaban J connectivity index is 2.01. The Kier molecular flexibility index (Phi) is 4.02. The molecule has 0 radical (unpaired) electrons. The van der Waals surface area contributed by atoms with Crippen molar-refractivity contribution < 1.29 is 13.9 Å². The molecule has 0 bridgehead atoms. The molecule has 5 heteroatoms. The Bertz CT molecular complexity index is 599. The smallest absolute Gasteiger partial charge is 0.338 e. The van der Waals surface area contributed by atoms with Gasteiger partial charge in [0, 0.05) is 5.02 Å². The van der Waals surface area contributed by atoms with E-state index in [-0.39, 0.29) is 17.9 Å².